The fourth-order valence-corrected chi connectivity index (χ4v) is 5.53. The molecule has 0 radical (unpaired) electrons. The van der Waals surface area contributed by atoms with Crippen LogP contribution in [0.4, 0.5) is 4.39 Å². The molecule has 5 nitrogen and oxygen atoms in total. The summed E-state index contributed by atoms with van der Waals surface area (Å²) in [6.07, 6.45) is 1.13. The average Bonchev–Trinajstić information content (AvgIpc) is 3.00. The van der Waals surface area contributed by atoms with Crippen molar-refractivity contribution in [1.29, 1.82) is 0 Å². The molecule has 1 aromatic carbocycles. The smallest absolute Gasteiger partial charge is 0.243 e. The largest absolute Gasteiger partial charge is 0.315 e. The van der Waals surface area contributed by atoms with Gasteiger partial charge in [0.25, 0.3) is 0 Å². The maximum Gasteiger partial charge on any atom is 0.243 e. The molecule has 2 aliphatic rings. The van der Waals surface area contributed by atoms with E-state index in [0.717, 1.165) is 32.6 Å². The van der Waals surface area contributed by atoms with Crippen molar-refractivity contribution in [2.75, 3.05) is 39.3 Å². The minimum absolute atomic E-state index is 0. The van der Waals surface area contributed by atoms with Gasteiger partial charge in [-0.1, -0.05) is 0 Å². The number of nitrogens with one attached hydrogen (secondary N) is 1. The third-order valence-electron chi connectivity index (χ3n) is 4.85. The Hall–Kier alpha value is -0.730. The van der Waals surface area contributed by atoms with E-state index in [-0.39, 0.29) is 17.3 Å². The summed E-state index contributed by atoms with van der Waals surface area (Å²) in [5, 5.41) is 3.35. The van der Waals surface area contributed by atoms with Crippen LogP contribution in [0.15, 0.2) is 17.0 Å². The van der Waals surface area contributed by atoms with Gasteiger partial charge in [0, 0.05) is 38.8 Å². The van der Waals surface area contributed by atoms with Crippen LogP contribution in [0.5, 0.6) is 0 Å². The lowest BCUT2D eigenvalue weighted by Crippen LogP contribution is -2.52. The van der Waals surface area contributed by atoms with Crippen molar-refractivity contribution in [2.24, 2.45) is 0 Å². The van der Waals surface area contributed by atoms with Crippen LogP contribution >= 0.6 is 12.4 Å². The lowest BCUT2D eigenvalue weighted by atomic mass is 10.1. The molecule has 1 N–H and O–H groups in total. The molecule has 8 heteroatoms. The number of rotatable bonds is 3. The normalized spacial score (nSPS) is 23.2. The van der Waals surface area contributed by atoms with E-state index < -0.39 is 15.8 Å². The van der Waals surface area contributed by atoms with Crippen molar-refractivity contribution >= 4 is 22.4 Å². The van der Waals surface area contributed by atoms with Gasteiger partial charge >= 0.3 is 0 Å². The Balaban J connectivity index is 0.00000208. The summed E-state index contributed by atoms with van der Waals surface area (Å²) in [5.74, 6) is -0.391. The van der Waals surface area contributed by atoms with Crippen LogP contribution in [0, 0.1) is 19.7 Å². The Morgan fingerprint density at radius 1 is 1.12 bits per heavy atom. The van der Waals surface area contributed by atoms with Crippen LogP contribution in [-0.4, -0.2) is 62.9 Å². The predicted molar refractivity (Wildman–Crippen MR) is 94.7 cm³/mol. The SMILES string of the molecule is Cc1cc(F)cc(C)c1S(=O)(=O)N1CCN(C2CCNC2)CC1.Cl. The Kier molecular flexibility index (Phi) is 6.25. The molecule has 2 saturated heterocycles. The molecule has 0 aliphatic carbocycles. The van der Waals surface area contributed by atoms with Crippen molar-refractivity contribution in [1.82, 2.24) is 14.5 Å². The maximum atomic E-state index is 13.4. The van der Waals surface area contributed by atoms with Gasteiger partial charge in [0.1, 0.15) is 5.82 Å². The third-order valence-corrected chi connectivity index (χ3v) is 7.05. The fourth-order valence-electron chi connectivity index (χ4n) is 3.69. The van der Waals surface area contributed by atoms with Gasteiger partial charge in [0.2, 0.25) is 10.0 Å². The summed E-state index contributed by atoms with van der Waals surface area (Å²) in [7, 11) is -3.56. The molecule has 0 spiro atoms. The molecule has 0 amide bonds. The minimum atomic E-state index is -3.56. The van der Waals surface area contributed by atoms with Crippen molar-refractivity contribution in [2.45, 2.75) is 31.2 Å². The summed E-state index contributed by atoms with van der Waals surface area (Å²) in [5.41, 5.74) is 0.954. The molecule has 1 atom stereocenters. The second-order valence-corrected chi connectivity index (χ2v) is 8.33. The van der Waals surface area contributed by atoms with E-state index in [1.165, 1.54) is 12.1 Å². The van der Waals surface area contributed by atoms with Gasteiger partial charge in [-0.3, -0.25) is 4.90 Å². The van der Waals surface area contributed by atoms with E-state index in [2.05, 4.69) is 10.2 Å². The summed E-state index contributed by atoms with van der Waals surface area (Å²) in [6, 6.07) is 3.11. The quantitative estimate of drug-likeness (QED) is 0.868. The standard InChI is InChI=1S/C16H24FN3O2S.ClH/c1-12-9-14(17)10-13(2)16(12)23(21,22)20-7-5-19(6-8-20)15-3-4-18-11-15;/h9-10,15,18H,3-8,11H2,1-2H3;1H. The molecule has 3 rings (SSSR count). The molecule has 0 saturated carbocycles. The minimum Gasteiger partial charge on any atom is -0.315 e. The van der Waals surface area contributed by atoms with Gasteiger partial charge in [-0.2, -0.15) is 4.31 Å². The number of nitrogens with zero attached hydrogens (tertiary/aromatic N) is 2. The van der Waals surface area contributed by atoms with Crippen molar-refractivity contribution in [3.63, 3.8) is 0 Å². The topological polar surface area (TPSA) is 52.7 Å². The second kappa shape index (κ2) is 7.66. The van der Waals surface area contributed by atoms with Crippen molar-refractivity contribution < 1.29 is 12.8 Å². The number of halogens is 2. The van der Waals surface area contributed by atoms with E-state index in [4.69, 9.17) is 0 Å². The zero-order valence-electron chi connectivity index (χ0n) is 14.1. The van der Waals surface area contributed by atoms with E-state index in [1.807, 2.05) is 0 Å². The molecular weight excluding hydrogens is 353 g/mol. The Labute approximate surface area is 149 Å². The molecule has 0 aromatic heterocycles. The van der Waals surface area contributed by atoms with Gasteiger partial charge in [0.05, 0.1) is 4.90 Å². The molecule has 2 heterocycles. The first-order chi connectivity index (χ1) is 10.9. The summed E-state index contributed by atoms with van der Waals surface area (Å²) >= 11 is 0. The van der Waals surface area contributed by atoms with Gasteiger partial charge in [0.15, 0.2) is 0 Å². The molecule has 0 bridgehead atoms. The van der Waals surface area contributed by atoms with Gasteiger partial charge < -0.3 is 5.32 Å². The molecule has 1 aromatic rings. The summed E-state index contributed by atoms with van der Waals surface area (Å²) < 4.78 is 40.9. The highest BCUT2D eigenvalue weighted by Crippen LogP contribution is 2.26. The number of aryl methyl sites for hydroxylation is 2. The van der Waals surface area contributed by atoms with Crippen molar-refractivity contribution in [3.8, 4) is 0 Å². The average molecular weight is 378 g/mol. The first-order valence-corrected chi connectivity index (χ1v) is 9.55. The van der Waals surface area contributed by atoms with E-state index in [9.17, 15) is 12.8 Å². The van der Waals surface area contributed by atoms with Crippen LogP contribution in [-0.2, 0) is 10.0 Å². The summed E-state index contributed by atoms with van der Waals surface area (Å²) in [4.78, 5) is 2.63. The van der Waals surface area contributed by atoms with Gasteiger partial charge in [-0.25, -0.2) is 12.8 Å². The molecule has 24 heavy (non-hydrogen) atoms. The Bertz CT molecular complexity index is 662. The lowest BCUT2D eigenvalue weighted by Gasteiger charge is -2.37. The van der Waals surface area contributed by atoms with Crippen LogP contribution in [0.2, 0.25) is 0 Å². The number of benzene rings is 1. The van der Waals surface area contributed by atoms with Gasteiger partial charge in [-0.05, 0) is 50.1 Å². The zero-order valence-corrected chi connectivity index (χ0v) is 15.7. The first-order valence-electron chi connectivity index (χ1n) is 8.11. The summed E-state index contributed by atoms with van der Waals surface area (Å²) in [6.45, 7) is 7.84. The Morgan fingerprint density at radius 3 is 2.21 bits per heavy atom. The number of piperazine rings is 1. The molecule has 2 aliphatic heterocycles. The van der Waals surface area contributed by atoms with Crippen LogP contribution < -0.4 is 5.32 Å². The maximum absolute atomic E-state index is 13.4. The van der Waals surface area contributed by atoms with Gasteiger partial charge in [-0.15, -0.1) is 12.4 Å². The number of hydrogen-bond acceptors (Lipinski definition) is 4. The highest BCUT2D eigenvalue weighted by atomic mass is 35.5. The molecule has 1 unspecified atom stereocenters. The first kappa shape index (κ1) is 19.6. The lowest BCUT2D eigenvalue weighted by molar-refractivity contribution is 0.145. The predicted octanol–water partition coefficient (Wildman–Crippen LogP) is 1.53. The fraction of sp³-hybridized carbons (Fsp3) is 0.625. The van der Waals surface area contributed by atoms with Crippen LogP contribution in [0.25, 0.3) is 0 Å². The van der Waals surface area contributed by atoms with Crippen LogP contribution in [0.1, 0.15) is 17.5 Å². The van der Waals surface area contributed by atoms with E-state index in [1.54, 1.807) is 18.2 Å². The number of sulfonamides is 1. The zero-order chi connectivity index (χ0) is 16.6. The van der Waals surface area contributed by atoms with Crippen LogP contribution in [0.3, 0.4) is 0 Å². The highest BCUT2D eigenvalue weighted by Gasteiger charge is 2.33. The molecule has 136 valence electrons. The monoisotopic (exact) mass is 377 g/mol. The number of hydrogen-bond donors (Lipinski definition) is 1. The van der Waals surface area contributed by atoms with E-state index in [0.29, 0.717) is 30.3 Å². The van der Waals surface area contributed by atoms with E-state index >= 15 is 0 Å². The Morgan fingerprint density at radius 2 is 1.71 bits per heavy atom. The molecule has 2 fully saturated rings. The second-order valence-electron chi connectivity index (χ2n) is 6.46. The van der Waals surface area contributed by atoms with Crippen molar-refractivity contribution in [3.05, 3.63) is 29.1 Å². The highest BCUT2D eigenvalue weighted by molar-refractivity contribution is 7.89. The third kappa shape index (κ3) is 3.75. The molecular formula is C16H25ClFN3O2S.